The molecule has 0 spiro atoms. The average Bonchev–Trinajstić information content (AvgIpc) is 2.35. The van der Waals surface area contributed by atoms with Crippen LogP contribution in [0.5, 0.6) is 0 Å². The van der Waals surface area contributed by atoms with E-state index in [4.69, 9.17) is 5.73 Å². The molecule has 0 heterocycles. The fourth-order valence-electron chi connectivity index (χ4n) is 2.50. The lowest BCUT2D eigenvalue weighted by atomic mass is 9.95. The van der Waals surface area contributed by atoms with E-state index in [0.29, 0.717) is 0 Å². The van der Waals surface area contributed by atoms with Crippen molar-refractivity contribution in [3.63, 3.8) is 0 Å². The van der Waals surface area contributed by atoms with Crippen molar-refractivity contribution < 1.29 is 0 Å². The summed E-state index contributed by atoms with van der Waals surface area (Å²) in [5.41, 5.74) is 6.48. The van der Waals surface area contributed by atoms with Gasteiger partial charge in [0.25, 0.3) is 0 Å². The second-order valence-electron chi connectivity index (χ2n) is 4.20. The molecule has 0 aromatic heterocycles. The van der Waals surface area contributed by atoms with Crippen LogP contribution in [0.3, 0.4) is 0 Å². The van der Waals surface area contributed by atoms with Crippen molar-refractivity contribution in [2.75, 3.05) is 0 Å². The summed E-state index contributed by atoms with van der Waals surface area (Å²) in [7, 11) is 0. The number of hydrogen-bond donors (Lipinski definition) is 1. The third kappa shape index (κ3) is 0.800. The standard InChI is InChI=1S/C9H17N/c1-7-6-9(7,10)8-4-2-3-5-8/h7-8H,2-6,10H2,1H3. The molecule has 2 unspecified atom stereocenters. The van der Waals surface area contributed by atoms with Crippen molar-refractivity contribution in [3.05, 3.63) is 0 Å². The lowest BCUT2D eigenvalue weighted by molar-refractivity contribution is 0.392. The van der Waals surface area contributed by atoms with Crippen LogP contribution in [0.2, 0.25) is 0 Å². The average molecular weight is 139 g/mol. The fourth-order valence-corrected chi connectivity index (χ4v) is 2.50. The first-order valence-electron chi connectivity index (χ1n) is 4.52. The maximum atomic E-state index is 6.20. The van der Waals surface area contributed by atoms with Gasteiger partial charge in [0.15, 0.2) is 0 Å². The van der Waals surface area contributed by atoms with Crippen molar-refractivity contribution in [3.8, 4) is 0 Å². The number of hydrogen-bond acceptors (Lipinski definition) is 1. The summed E-state index contributed by atoms with van der Waals surface area (Å²) in [6.07, 6.45) is 6.95. The Balaban J connectivity index is 1.99. The normalized spacial score (nSPS) is 48.0. The molecule has 0 aliphatic heterocycles. The molecule has 0 amide bonds. The Bertz CT molecular complexity index is 138. The molecule has 10 heavy (non-hydrogen) atoms. The van der Waals surface area contributed by atoms with Crippen LogP contribution in [0.15, 0.2) is 0 Å². The fraction of sp³-hybridized carbons (Fsp3) is 1.00. The van der Waals surface area contributed by atoms with E-state index in [1.807, 2.05) is 0 Å². The minimum atomic E-state index is 0.288. The molecular formula is C9H17N. The maximum absolute atomic E-state index is 6.20. The third-order valence-corrected chi connectivity index (χ3v) is 3.53. The summed E-state index contributed by atoms with van der Waals surface area (Å²) >= 11 is 0. The van der Waals surface area contributed by atoms with Gasteiger partial charge in [-0.3, -0.25) is 0 Å². The highest BCUT2D eigenvalue weighted by atomic mass is 14.9. The smallest absolute Gasteiger partial charge is 0.0212 e. The second kappa shape index (κ2) is 1.97. The van der Waals surface area contributed by atoms with E-state index in [0.717, 1.165) is 11.8 Å². The Kier molecular flexibility index (Phi) is 1.31. The molecular weight excluding hydrogens is 122 g/mol. The molecule has 2 aliphatic carbocycles. The number of rotatable bonds is 1. The maximum Gasteiger partial charge on any atom is 0.0212 e. The van der Waals surface area contributed by atoms with Crippen molar-refractivity contribution >= 4 is 0 Å². The van der Waals surface area contributed by atoms with Crippen LogP contribution in [0.4, 0.5) is 0 Å². The Labute approximate surface area is 63.0 Å². The summed E-state index contributed by atoms with van der Waals surface area (Å²) < 4.78 is 0. The van der Waals surface area contributed by atoms with E-state index in [1.165, 1.54) is 32.1 Å². The van der Waals surface area contributed by atoms with Gasteiger partial charge in [-0.1, -0.05) is 19.8 Å². The van der Waals surface area contributed by atoms with Crippen LogP contribution in [-0.4, -0.2) is 5.54 Å². The number of nitrogens with two attached hydrogens (primary N) is 1. The van der Waals surface area contributed by atoms with Gasteiger partial charge >= 0.3 is 0 Å². The second-order valence-corrected chi connectivity index (χ2v) is 4.20. The predicted octanol–water partition coefficient (Wildman–Crippen LogP) is 1.91. The highest BCUT2D eigenvalue weighted by molar-refractivity contribution is 5.10. The van der Waals surface area contributed by atoms with Gasteiger partial charge in [-0.2, -0.15) is 0 Å². The Morgan fingerprint density at radius 3 is 2.20 bits per heavy atom. The minimum Gasteiger partial charge on any atom is -0.325 e. The van der Waals surface area contributed by atoms with Crippen LogP contribution < -0.4 is 5.73 Å². The van der Waals surface area contributed by atoms with Crippen molar-refractivity contribution in [1.82, 2.24) is 0 Å². The molecule has 2 fully saturated rings. The largest absolute Gasteiger partial charge is 0.325 e. The van der Waals surface area contributed by atoms with Crippen LogP contribution in [0.1, 0.15) is 39.0 Å². The van der Waals surface area contributed by atoms with Crippen LogP contribution in [0, 0.1) is 11.8 Å². The summed E-state index contributed by atoms with van der Waals surface area (Å²) in [5.74, 6) is 1.69. The topological polar surface area (TPSA) is 26.0 Å². The zero-order valence-corrected chi connectivity index (χ0v) is 6.77. The Morgan fingerprint density at radius 2 is 1.80 bits per heavy atom. The molecule has 1 heteroatoms. The highest BCUT2D eigenvalue weighted by Crippen LogP contribution is 2.51. The molecule has 2 aliphatic rings. The lowest BCUT2D eigenvalue weighted by Gasteiger charge is -2.17. The zero-order chi connectivity index (χ0) is 7.19. The molecule has 0 aromatic carbocycles. The monoisotopic (exact) mass is 139 g/mol. The van der Waals surface area contributed by atoms with Gasteiger partial charge in [0, 0.05) is 5.54 Å². The molecule has 2 atom stereocenters. The van der Waals surface area contributed by atoms with Crippen LogP contribution >= 0.6 is 0 Å². The van der Waals surface area contributed by atoms with E-state index in [9.17, 15) is 0 Å². The zero-order valence-electron chi connectivity index (χ0n) is 6.77. The van der Waals surface area contributed by atoms with E-state index < -0.39 is 0 Å². The summed E-state index contributed by atoms with van der Waals surface area (Å²) in [4.78, 5) is 0. The van der Waals surface area contributed by atoms with Gasteiger partial charge in [-0.15, -0.1) is 0 Å². The van der Waals surface area contributed by atoms with Crippen LogP contribution in [-0.2, 0) is 0 Å². The van der Waals surface area contributed by atoms with Crippen molar-refractivity contribution in [1.29, 1.82) is 0 Å². The van der Waals surface area contributed by atoms with Crippen LogP contribution in [0.25, 0.3) is 0 Å². The van der Waals surface area contributed by atoms with Gasteiger partial charge in [0.2, 0.25) is 0 Å². The molecule has 1 nitrogen and oxygen atoms in total. The predicted molar refractivity (Wildman–Crippen MR) is 42.7 cm³/mol. The molecule has 2 N–H and O–H groups in total. The van der Waals surface area contributed by atoms with E-state index in [-0.39, 0.29) is 5.54 Å². The third-order valence-electron chi connectivity index (χ3n) is 3.53. The molecule has 2 saturated carbocycles. The van der Waals surface area contributed by atoms with E-state index in [1.54, 1.807) is 0 Å². The molecule has 0 aromatic rings. The molecule has 58 valence electrons. The highest BCUT2D eigenvalue weighted by Gasteiger charge is 2.53. The van der Waals surface area contributed by atoms with Gasteiger partial charge in [-0.05, 0) is 31.1 Å². The first-order chi connectivity index (χ1) is 4.73. The Morgan fingerprint density at radius 1 is 1.30 bits per heavy atom. The summed E-state index contributed by atoms with van der Waals surface area (Å²) in [6.45, 7) is 2.29. The van der Waals surface area contributed by atoms with Gasteiger partial charge < -0.3 is 5.73 Å². The van der Waals surface area contributed by atoms with Crippen molar-refractivity contribution in [2.45, 2.75) is 44.6 Å². The molecule has 2 rings (SSSR count). The van der Waals surface area contributed by atoms with Gasteiger partial charge in [0.1, 0.15) is 0 Å². The van der Waals surface area contributed by atoms with Gasteiger partial charge in [-0.25, -0.2) is 0 Å². The first kappa shape index (κ1) is 6.66. The molecule has 0 saturated heterocycles. The quantitative estimate of drug-likeness (QED) is 0.590. The van der Waals surface area contributed by atoms with E-state index >= 15 is 0 Å². The molecule has 0 radical (unpaired) electrons. The summed E-state index contributed by atoms with van der Waals surface area (Å²) in [5, 5.41) is 0. The first-order valence-corrected chi connectivity index (χ1v) is 4.52. The van der Waals surface area contributed by atoms with Crippen molar-refractivity contribution in [2.24, 2.45) is 17.6 Å². The SMILES string of the molecule is CC1CC1(N)C1CCCC1. The Hall–Kier alpha value is -0.0400. The van der Waals surface area contributed by atoms with Gasteiger partial charge in [0.05, 0.1) is 0 Å². The lowest BCUT2D eigenvalue weighted by Crippen LogP contribution is -2.32. The van der Waals surface area contributed by atoms with E-state index in [2.05, 4.69) is 6.92 Å². The summed E-state index contributed by atoms with van der Waals surface area (Å²) in [6, 6.07) is 0. The molecule has 0 bridgehead atoms. The minimum absolute atomic E-state index is 0.288.